The van der Waals surface area contributed by atoms with Crippen molar-refractivity contribution in [2.75, 3.05) is 0 Å². The minimum Gasteiger partial charge on any atom is -0.486 e. The van der Waals surface area contributed by atoms with Crippen molar-refractivity contribution < 1.29 is 9.53 Å². The van der Waals surface area contributed by atoms with Gasteiger partial charge in [0.15, 0.2) is 5.75 Å². The molecule has 0 atom stereocenters. The largest absolute Gasteiger partial charge is 0.486 e. The molecule has 7 heteroatoms. The molecular formula is C25H17Cl2N3O2. The quantitative estimate of drug-likeness (QED) is 0.362. The molecule has 0 aliphatic heterocycles. The van der Waals surface area contributed by atoms with Gasteiger partial charge in [-0.25, -0.2) is 0 Å². The second-order valence-corrected chi connectivity index (χ2v) is 7.52. The Hall–Kier alpha value is -3.77. The minimum atomic E-state index is -0.503. The number of halogens is 2. The van der Waals surface area contributed by atoms with Crippen LogP contribution in [0.4, 0.5) is 0 Å². The smallest absolute Gasteiger partial charge is 0.262 e. The number of benzene rings is 3. The van der Waals surface area contributed by atoms with Gasteiger partial charge in [0.2, 0.25) is 0 Å². The maximum absolute atomic E-state index is 12.4. The zero-order valence-electron chi connectivity index (χ0n) is 16.8. The van der Waals surface area contributed by atoms with Crippen LogP contribution in [0.3, 0.4) is 0 Å². The first-order valence-corrected chi connectivity index (χ1v) is 10.3. The van der Waals surface area contributed by atoms with Crippen LogP contribution in [0, 0.1) is 22.7 Å². The molecule has 0 heterocycles. The van der Waals surface area contributed by atoms with Crippen molar-refractivity contribution in [1.29, 1.82) is 10.5 Å². The minimum absolute atomic E-state index is 0.0790. The number of hydrogen-bond donors (Lipinski definition) is 1. The average molecular weight is 462 g/mol. The predicted octanol–water partition coefficient (Wildman–Crippen LogP) is 5.67. The molecule has 0 spiro atoms. The number of hydrogen-bond acceptors (Lipinski definition) is 4. The molecule has 1 amide bonds. The van der Waals surface area contributed by atoms with Crippen LogP contribution in [-0.2, 0) is 17.9 Å². The third kappa shape index (κ3) is 5.89. The summed E-state index contributed by atoms with van der Waals surface area (Å²) in [6, 6.07) is 23.6. The van der Waals surface area contributed by atoms with Crippen molar-refractivity contribution in [3.8, 4) is 17.9 Å². The highest BCUT2D eigenvalue weighted by Gasteiger charge is 2.13. The molecule has 0 bridgehead atoms. The highest BCUT2D eigenvalue weighted by Crippen LogP contribution is 2.35. The number of nitriles is 2. The van der Waals surface area contributed by atoms with Crippen LogP contribution in [0.5, 0.6) is 5.75 Å². The number of carbonyl (C=O) groups is 1. The van der Waals surface area contributed by atoms with Gasteiger partial charge in [0.25, 0.3) is 5.91 Å². The van der Waals surface area contributed by atoms with Crippen molar-refractivity contribution in [2.45, 2.75) is 13.2 Å². The molecule has 5 nitrogen and oxygen atoms in total. The second-order valence-electron chi connectivity index (χ2n) is 6.71. The highest BCUT2D eigenvalue weighted by molar-refractivity contribution is 6.37. The normalized spacial score (nSPS) is 10.7. The predicted molar refractivity (Wildman–Crippen MR) is 124 cm³/mol. The topological polar surface area (TPSA) is 85.9 Å². The Balaban J connectivity index is 1.74. The van der Waals surface area contributed by atoms with E-state index in [-0.39, 0.29) is 28.0 Å². The Morgan fingerprint density at radius 3 is 2.31 bits per heavy atom. The summed E-state index contributed by atoms with van der Waals surface area (Å²) in [6.45, 7) is 0.418. The Morgan fingerprint density at radius 1 is 1.00 bits per heavy atom. The van der Waals surface area contributed by atoms with E-state index in [0.717, 1.165) is 5.56 Å². The zero-order valence-corrected chi connectivity index (χ0v) is 18.3. The van der Waals surface area contributed by atoms with E-state index in [0.29, 0.717) is 23.2 Å². The van der Waals surface area contributed by atoms with Gasteiger partial charge in [-0.3, -0.25) is 4.79 Å². The first kappa shape index (κ1) is 22.9. The first-order chi connectivity index (χ1) is 15.5. The molecule has 0 aromatic heterocycles. The summed E-state index contributed by atoms with van der Waals surface area (Å²) in [5.74, 6) is -0.248. The SMILES string of the molecule is N#C/C(=C/c1cc(Cl)c(OCc2ccccc2C#N)c(Cl)c1)C(=O)NCc1ccccc1. The van der Waals surface area contributed by atoms with Crippen molar-refractivity contribution in [3.05, 3.63) is 105 Å². The molecule has 1 N–H and O–H groups in total. The maximum Gasteiger partial charge on any atom is 0.262 e. The lowest BCUT2D eigenvalue weighted by Crippen LogP contribution is -2.23. The van der Waals surface area contributed by atoms with Gasteiger partial charge in [0.05, 0.1) is 21.7 Å². The number of nitrogens with one attached hydrogen (secondary N) is 1. The third-order valence-electron chi connectivity index (χ3n) is 4.50. The molecule has 3 aromatic carbocycles. The zero-order chi connectivity index (χ0) is 22.9. The lowest BCUT2D eigenvalue weighted by Gasteiger charge is -2.12. The van der Waals surface area contributed by atoms with Crippen LogP contribution in [0.1, 0.15) is 22.3 Å². The van der Waals surface area contributed by atoms with Crippen molar-refractivity contribution in [3.63, 3.8) is 0 Å². The molecule has 0 unspecified atom stereocenters. The fourth-order valence-electron chi connectivity index (χ4n) is 2.89. The maximum atomic E-state index is 12.4. The van der Waals surface area contributed by atoms with Crippen molar-refractivity contribution in [2.24, 2.45) is 0 Å². The molecule has 0 saturated heterocycles. The number of ether oxygens (including phenoxy) is 1. The standard InChI is InChI=1S/C25H17Cl2N3O2/c26-22-11-18(10-21(14-29)25(31)30-15-17-6-2-1-3-7-17)12-23(27)24(22)32-16-20-9-5-4-8-19(20)13-28/h1-12H,15-16H2,(H,30,31)/b21-10-. The molecule has 158 valence electrons. The second kappa shape index (κ2) is 11.0. The highest BCUT2D eigenvalue weighted by atomic mass is 35.5. The number of carbonyl (C=O) groups excluding carboxylic acids is 1. The average Bonchev–Trinajstić information content (AvgIpc) is 2.81. The van der Waals surface area contributed by atoms with Crippen LogP contribution < -0.4 is 10.1 Å². The van der Waals surface area contributed by atoms with Gasteiger partial charge >= 0.3 is 0 Å². The summed E-state index contributed by atoms with van der Waals surface area (Å²) in [5.41, 5.74) is 2.53. The van der Waals surface area contributed by atoms with Gasteiger partial charge in [-0.15, -0.1) is 0 Å². The van der Waals surface area contributed by atoms with Crippen LogP contribution in [-0.4, -0.2) is 5.91 Å². The van der Waals surface area contributed by atoms with E-state index < -0.39 is 5.91 Å². The van der Waals surface area contributed by atoms with E-state index in [1.54, 1.807) is 30.3 Å². The van der Waals surface area contributed by atoms with Crippen LogP contribution >= 0.6 is 23.2 Å². The van der Waals surface area contributed by atoms with E-state index in [1.165, 1.54) is 6.08 Å². The van der Waals surface area contributed by atoms with Crippen molar-refractivity contribution >= 4 is 35.2 Å². The summed E-state index contributed by atoms with van der Waals surface area (Å²) < 4.78 is 5.74. The van der Waals surface area contributed by atoms with Crippen LogP contribution in [0.25, 0.3) is 6.08 Å². The Kier molecular flexibility index (Phi) is 7.89. The number of amides is 1. The lowest BCUT2D eigenvalue weighted by molar-refractivity contribution is -0.117. The van der Waals surface area contributed by atoms with Gasteiger partial charge in [-0.2, -0.15) is 10.5 Å². The van der Waals surface area contributed by atoms with E-state index in [9.17, 15) is 15.3 Å². The Morgan fingerprint density at radius 2 is 1.66 bits per heavy atom. The van der Waals surface area contributed by atoms with E-state index in [4.69, 9.17) is 27.9 Å². The number of nitrogens with zero attached hydrogens (tertiary/aromatic N) is 2. The Labute approximate surface area is 196 Å². The fourth-order valence-corrected chi connectivity index (χ4v) is 3.51. The van der Waals surface area contributed by atoms with Crippen LogP contribution in [0.15, 0.2) is 72.3 Å². The van der Waals surface area contributed by atoms with Gasteiger partial charge in [0.1, 0.15) is 18.2 Å². The van der Waals surface area contributed by atoms with Crippen molar-refractivity contribution in [1.82, 2.24) is 5.32 Å². The Bertz CT molecular complexity index is 1220. The third-order valence-corrected chi connectivity index (χ3v) is 5.06. The summed E-state index contributed by atoms with van der Waals surface area (Å²) in [7, 11) is 0. The molecule has 3 rings (SSSR count). The van der Waals surface area contributed by atoms with Gasteiger partial charge < -0.3 is 10.1 Å². The van der Waals surface area contributed by atoms with E-state index in [1.807, 2.05) is 42.5 Å². The molecular weight excluding hydrogens is 445 g/mol. The van der Waals surface area contributed by atoms with E-state index >= 15 is 0 Å². The molecule has 0 aliphatic rings. The molecule has 3 aromatic rings. The van der Waals surface area contributed by atoms with E-state index in [2.05, 4.69) is 11.4 Å². The first-order valence-electron chi connectivity index (χ1n) is 9.55. The van der Waals surface area contributed by atoms with Gasteiger partial charge in [-0.1, -0.05) is 71.7 Å². The molecule has 0 radical (unpaired) electrons. The van der Waals surface area contributed by atoms with Crippen LogP contribution in [0.2, 0.25) is 10.0 Å². The molecule has 0 fully saturated rings. The summed E-state index contributed by atoms with van der Waals surface area (Å²) in [4.78, 5) is 12.4. The summed E-state index contributed by atoms with van der Waals surface area (Å²) in [6.07, 6.45) is 1.41. The molecule has 0 saturated carbocycles. The molecule has 32 heavy (non-hydrogen) atoms. The summed E-state index contributed by atoms with van der Waals surface area (Å²) >= 11 is 12.7. The van der Waals surface area contributed by atoms with Gasteiger partial charge in [0, 0.05) is 12.1 Å². The molecule has 0 aliphatic carbocycles. The fraction of sp³-hybridized carbons (Fsp3) is 0.0800. The monoisotopic (exact) mass is 461 g/mol. The number of rotatable bonds is 7. The summed E-state index contributed by atoms with van der Waals surface area (Å²) in [5, 5.41) is 21.8. The van der Waals surface area contributed by atoms with Gasteiger partial charge in [-0.05, 0) is 35.4 Å². The lowest BCUT2D eigenvalue weighted by atomic mass is 10.1.